The maximum absolute atomic E-state index is 2.40. The maximum atomic E-state index is 2.40. The van der Waals surface area contributed by atoms with E-state index < -0.39 is 0 Å². The van der Waals surface area contributed by atoms with Gasteiger partial charge in [-0.3, -0.25) is 0 Å². The molecule has 0 nitrogen and oxygen atoms in total. The van der Waals surface area contributed by atoms with E-state index in [0.717, 1.165) is 35.5 Å². The fraction of sp³-hybridized carbons (Fsp3) is 1.00. The molecule has 0 aromatic rings. The van der Waals surface area contributed by atoms with Gasteiger partial charge < -0.3 is 0 Å². The quantitative estimate of drug-likeness (QED) is 0.0556. The second-order valence-electron chi connectivity index (χ2n) is 19.7. The van der Waals surface area contributed by atoms with Crippen molar-refractivity contribution in [1.82, 2.24) is 0 Å². The highest BCUT2D eigenvalue weighted by Crippen LogP contribution is 2.42. The highest BCUT2D eigenvalue weighted by Gasteiger charge is 2.30. The summed E-state index contributed by atoms with van der Waals surface area (Å²) in [5, 5.41) is 0. The average molecular weight is 725 g/mol. The van der Waals surface area contributed by atoms with Crippen molar-refractivity contribution >= 4 is 0 Å². The van der Waals surface area contributed by atoms with Crippen molar-refractivity contribution in [3.8, 4) is 0 Å². The summed E-state index contributed by atoms with van der Waals surface area (Å²) in [4.78, 5) is 0. The molecule has 3 rings (SSSR count). The Hall–Kier alpha value is 0. The van der Waals surface area contributed by atoms with Gasteiger partial charge in [0.05, 0.1) is 0 Å². The van der Waals surface area contributed by atoms with E-state index in [1.807, 2.05) is 0 Å². The molecule has 0 bridgehead atoms. The predicted molar refractivity (Wildman–Crippen MR) is 235 cm³/mol. The molecular weight excluding hydrogens is 625 g/mol. The molecule has 0 saturated heterocycles. The number of hydrogen-bond donors (Lipinski definition) is 0. The molecule has 0 aromatic heterocycles. The summed E-state index contributed by atoms with van der Waals surface area (Å²) < 4.78 is 0. The first-order valence-corrected chi connectivity index (χ1v) is 25.8. The van der Waals surface area contributed by atoms with Crippen LogP contribution in [0.5, 0.6) is 0 Å². The number of rotatable bonds is 38. The Balaban J connectivity index is 1.08. The van der Waals surface area contributed by atoms with Crippen LogP contribution in [0.3, 0.4) is 0 Å². The Kier molecular flexibility index (Phi) is 29.6. The van der Waals surface area contributed by atoms with E-state index in [1.165, 1.54) is 212 Å². The van der Waals surface area contributed by atoms with Gasteiger partial charge in [0.25, 0.3) is 0 Å². The first-order chi connectivity index (χ1) is 25.8. The Morgan fingerprint density at radius 2 is 0.673 bits per heavy atom. The fourth-order valence-corrected chi connectivity index (χ4v) is 11.2. The van der Waals surface area contributed by atoms with E-state index in [0.29, 0.717) is 0 Å². The van der Waals surface area contributed by atoms with Crippen molar-refractivity contribution in [3.05, 3.63) is 0 Å². The fourth-order valence-electron chi connectivity index (χ4n) is 11.2. The van der Waals surface area contributed by atoms with Gasteiger partial charge in [-0.05, 0) is 48.3 Å². The van der Waals surface area contributed by atoms with Crippen LogP contribution in [0, 0.1) is 35.5 Å². The van der Waals surface area contributed by atoms with Crippen molar-refractivity contribution in [2.24, 2.45) is 35.5 Å². The van der Waals surface area contributed by atoms with Crippen LogP contribution >= 0.6 is 0 Å². The van der Waals surface area contributed by atoms with Gasteiger partial charge in [0.2, 0.25) is 0 Å². The Bertz CT molecular complexity index is 722. The monoisotopic (exact) mass is 725 g/mol. The molecule has 0 heterocycles. The zero-order valence-corrected chi connectivity index (χ0v) is 36.6. The summed E-state index contributed by atoms with van der Waals surface area (Å²) in [6, 6.07) is 0. The average Bonchev–Trinajstić information content (AvgIpc) is 3.87. The van der Waals surface area contributed by atoms with Crippen LogP contribution in [0.25, 0.3) is 0 Å². The SMILES string of the molecule is CCCCC(CC)CCCCCCCCCCCC(CCCCCCCCCC(CCCCCCCCCC1CCCCC1)C1CCCC1)C1CC1. The van der Waals surface area contributed by atoms with Gasteiger partial charge >= 0.3 is 0 Å². The third-order valence-electron chi connectivity index (χ3n) is 15.1. The molecule has 0 aliphatic heterocycles. The summed E-state index contributed by atoms with van der Waals surface area (Å²) >= 11 is 0. The molecule has 3 saturated carbocycles. The summed E-state index contributed by atoms with van der Waals surface area (Å²) in [5.41, 5.74) is 0. The van der Waals surface area contributed by atoms with Gasteiger partial charge in [0.15, 0.2) is 0 Å². The summed E-state index contributed by atoms with van der Waals surface area (Å²) in [6.45, 7) is 4.74. The lowest BCUT2D eigenvalue weighted by Gasteiger charge is -2.23. The first-order valence-electron chi connectivity index (χ1n) is 25.8. The van der Waals surface area contributed by atoms with E-state index in [-0.39, 0.29) is 0 Å². The minimum Gasteiger partial charge on any atom is -0.0654 e. The van der Waals surface area contributed by atoms with Crippen LogP contribution in [0.15, 0.2) is 0 Å². The topological polar surface area (TPSA) is 0 Å². The van der Waals surface area contributed by atoms with Crippen molar-refractivity contribution < 1.29 is 0 Å². The van der Waals surface area contributed by atoms with E-state index >= 15 is 0 Å². The molecule has 3 fully saturated rings. The van der Waals surface area contributed by atoms with Gasteiger partial charge in [-0.2, -0.15) is 0 Å². The lowest BCUT2D eigenvalue weighted by Crippen LogP contribution is -2.12. The van der Waals surface area contributed by atoms with Gasteiger partial charge in [-0.1, -0.05) is 284 Å². The van der Waals surface area contributed by atoms with E-state index in [9.17, 15) is 0 Å². The molecule has 52 heavy (non-hydrogen) atoms. The van der Waals surface area contributed by atoms with E-state index in [2.05, 4.69) is 13.8 Å². The maximum Gasteiger partial charge on any atom is -0.0386 e. The van der Waals surface area contributed by atoms with Crippen LogP contribution in [0.1, 0.15) is 296 Å². The van der Waals surface area contributed by atoms with E-state index in [4.69, 9.17) is 0 Å². The third kappa shape index (κ3) is 24.5. The third-order valence-corrected chi connectivity index (χ3v) is 15.1. The van der Waals surface area contributed by atoms with Gasteiger partial charge in [-0.25, -0.2) is 0 Å². The molecule has 3 aliphatic rings. The molecule has 3 unspecified atom stereocenters. The van der Waals surface area contributed by atoms with Crippen LogP contribution in [-0.4, -0.2) is 0 Å². The second kappa shape index (κ2) is 33.2. The lowest BCUT2D eigenvalue weighted by atomic mass is 9.82. The van der Waals surface area contributed by atoms with Crippen LogP contribution in [-0.2, 0) is 0 Å². The van der Waals surface area contributed by atoms with Gasteiger partial charge in [0.1, 0.15) is 0 Å². The van der Waals surface area contributed by atoms with Crippen molar-refractivity contribution in [2.75, 3.05) is 0 Å². The number of hydrogen-bond acceptors (Lipinski definition) is 0. The molecule has 3 atom stereocenters. The lowest BCUT2D eigenvalue weighted by molar-refractivity contribution is 0.280. The zero-order chi connectivity index (χ0) is 36.6. The summed E-state index contributed by atoms with van der Waals surface area (Å²) in [7, 11) is 0. The Morgan fingerprint density at radius 1 is 0.327 bits per heavy atom. The predicted octanol–water partition coefficient (Wildman–Crippen LogP) is 18.9. The molecule has 0 amide bonds. The molecule has 0 N–H and O–H groups in total. The Morgan fingerprint density at radius 3 is 1.08 bits per heavy atom. The van der Waals surface area contributed by atoms with Gasteiger partial charge in [-0.15, -0.1) is 0 Å². The highest BCUT2D eigenvalue weighted by molar-refractivity contribution is 4.81. The molecule has 308 valence electrons. The van der Waals surface area contributed by atoms with Crippen LogP contribution in [0.4, 0.5) is 0 Å². The molecule has 0 heteroatoms. The van der Waals surface area contributed by atoms with Crippen molar-refractivity contribution in [3.63, 3.8) is 0 Å². The molecule has 3 aliphatic carbocycles. The second-order valence-corrected chi connectivity index (χ2v) is 19.7. The van der Waals surface area contributed by atoms with Gasteiger partial charge in [0, 0.05) is 0 Å². The van der Waals surface area contributed by atoms with E-state index in [1.54, 1.807) is 70.6 Å². The van der Waals surface area contributed by atoms with Crippen molar-refractivity contribution in [2.45, 2.75) is 296 Å². The number of unbranched alkanes of at least 4 members (excludes halogenated alkanes) is 21. The van der Waals surface area contributed by atoms with Crippen LogP contribution in [0.2, 0.25) is 0 Å². The largest absolute Gasteiger partial charge is 0.0654 e. The minimum absolute atomic E-state index is 1.02. The standard InChI is InChI=1S/C52H100/c1-3-5-34-47(4-2)35-24-17-11-7-6-8-13-19-30-41-51(52-45-46-52)42-31-22-16-10-15-21-29-40-49(50-43-32-33-44-50)39-28-20-14-9-12-18-25-36-48-37-26-23-27-38-48/h47-52H,3-46H2,1-2H3. The summed E-state index contributed by atoms with van der Waals surface area (Å²) in [5.74, 6) is 6.50. The normalized spacial score (nSPS) is 19.0. The summed E-state index contributed by atoms with van der Waals surface area (Å²) in [6.07, 6.45) is 66.8. The molecule has 0 radical (unpaired) electrons. The smallest absolute Gasteiger partial charge is 0.0386 e. The first kappa shape index (κ1) is 46.4. The highest BCUT2D eigenvalue weighted by atomic mass is 14.4. The molecule has 0 aromatic carbocycles. The van der Waals surface area contributed by atoms with Crippen LogP contribution < -0.4 is 0 Å². The Labute approximate surface area is 330 Å². The molecular formula is C52H100. The molecule has 0 spiro atoms. The minimum atomic E-state index is 1.02. The zero-order valence-electron chi connectivity index (χ0n) is 36.6. The van der Waals surface area contributed by atoms with Crippen molar-refractivity contribution in [1.29, 1.82) is 0 Å².